The van der Waals surface area contributed by atoms with Crippen LogP contribution in [0.4, 0.5) is 18.9 Å². The molecule has 9 nitrogen and oxygen atoms in total. The number of anilines is 1. The number of nitrogens with one attached hydrogen (secondary N) is 1. The number of methoxy groups -OCH3 is 3. The standard InChI is InChI=1S/C33H25ClF3N3O6/c1-43-18-6-8-27(21(34)12-18)40-26(16-4-5-16)9-7-19(33(40)42)32(41)39-17-10-22(35)31(23(36)11-17)46-30-20-13-28(44-2)29(45-3)14-25(20)38-15-24(30)37/h6-16H,4-5H2,1-3H3,(H,39,41). The fraction of sp³-hybridized carbons (Fsp3) is 0.182. The molecule has 1 saturated carbocycles. The number of aromatic nitrogens is 2. The predicted molar refractivity (Wildman–Crippen MR) is 165 cm³/mol. The Morgan fingerprint density at radius 1 is 0.891 bits per heavy atom. The van der Waals surface area contributed by atoms with E-state index in [1.165, 1.54) is 44.1 Å². The van der Waals surface area contributed by atoms with E-state index in [1.807, 2.05) is 0 Å². The zero-order valence-corrected chi connectivity index (χ0v) is 25.4. The van der Waals surface area contributed by atoms with Crippen molar-refractivity contribution in [2.24, 2.45) is 0 Å². The van der Waals surface area contributed by atoms with Crippen molar-refractivity contribution in [2.45, 2.75) is 18.8 Å². The maximum Gasteiger partial charge on any atom is 0.268 e. The number of carbonyl (C=O) groups excluding carboxylic acids is 1. The molecular formula is C33H25ClF3N3O6. The molecule has 13 heteroatoms. The van der Waals surface area contributed by atoms with E-state index in [1.54, 1.807) is 24.3 Å². The number of fused-ring (bicyclic) bond motifs is 1. The third-order valence-corrected chi connectivity index (χ3v) is 7.79. The van der Waals surface area contributed by atoms with Crippen LogP contribution in [0.25, 0.3) is 16.6 Å². The molecule has 2 aromatic heterocycles. The summed E-state index contributed by atoms with van der Waals surface area (Å²) in [6.45, 7) is 0. The zero-order valence-electron chi connectivity index (χ0n) is 24.6. The van der Waals surface area contributed by atoms with Crippen LogP contribution in [-0.4, -0.2) is 36.8 Å². The summed E-state index contributed by atoms with van der Waals surface area (Å²) < 4.78 is 67.9. The number of nitrogens with zero attached hydrogens (tertiary/aromatic N) is 2. The van der Waals surface area contributed by atoms with E-state index >= 15 is 8.78 Å². The third-order valence-electron chi connectivity index (χ3n) is 7.49. The maximum absolute atomic E-state index is 15.3. The Hall–Kier alpha value is -5.23. The number of hydrogen-bond donors (Lipinski definition) is 1. The highest BCUT2D eigenvalue weighted by Crippen LogP contribution is 2.42. The minimum absolute atomic E-state index is 0.0664. The first-order valence-corrected chi connectivity index (χ1v) is 14.3. The fourth-order valence-corrected chi connectivity index (χ4v) is 5.33. The molecule has 1 aliphatic rings. The van der Waals surface area contributed by atoms with Crippen molar-refractivity contribution in [3.63, 3.8) is 0 Å². The van der Waals surface area contributed by atoms with Gasteiger partial charge in [0.2, 0.25) is 0 Å². The minimum atomic E-state index is -1.24. The van der Waals surface area contributed by atoms with Gasteiger partial charge in [-0.2, -0.15) is 0 Å². The van der Waals surface area contributed by atoms with Crippen LogP contribution < -0.4 is 29.8 Å². The summed E-state index contributed by atoms with van der Waals surface area (Å²) in [5, 5.41) is 2.66. The van der Waals surface area contributed by atoms with Crippen LogP contribution in [0.2, 0.25) is 5.02 Å². The van der Waals surface area contributed by atoms with Gasteiger partial charge < -0.3 is 24.3 Å². The van der Waals surface area contributed by atoms with E-state index in [-0.39, 0.29) is 38.8 Å². The van der Waals surface area contributed by atoms with Gasteiger partial charge in [-0.3, -0.25) is 19.1 Å². The van der Waals surface area contributed by atoms with E-state index in [2.05, 4.69) is 10.3 Å². The minimum Gasteiger partial charge on any atom is -0.497 e. The molecule has 1 aliphatic carbocycles. The summed E-state index contributed by atoms with van der Waals surface area (Å²) in [5.74, 6) is -4.70. The highest BCUT2D eigenvalue weighted by atomic mass is 35.5. The molecule has 0 spiro atoms. The third kappa shape index (κ3) is 5.67. The molecule has 0 radical (unpaired) electrons. The van der Waals surface area contributed by atoms with E-state index in [9.17, 15) is 14.0 Å². The van der Waals surface area contributed by atoms with Gasteiger partial charge in [-0.15, -0.1) is 0 Å². The average Bonchev–Trinajstić information content (AvgIpc) is 3.88. The summed E-state index contributed by atoms with van der Waals surface area (Å²) in [6, 6.07) is 12.2. The molecule has 1 amide bonds. The van der Waals surface area contributed by atoms with E-state index in [0.29, 0.717) is 22.9 Å². The number of amides is 1. The summed E-state index contributed by atoms with van der Waals surface area (Å²) in [5.41, 5.74) is -0.00526. The first-order valence-electron chi connectivity index (χ1n) is 13.9. The highest BCUT2D eigenvalue weighted by Gasteiger charge is 2.30. The number of benzene rings is 3. The predicted octanol–water partition coefficient (Wildman–Crippen LogP) is 7.40. The van der Waals surface area contributed by atoms with Crippen LogP contribution in [-0.2, 0) is 0 Å². The molecule has 0 saturated heterocycles. The second-order valence-electron chi connectivity index (χ2n) is 10.4. The normalized spacial score (nSPS) is 12.6. The maximum atomic E-state index is 15.3. The molecule has 1 fully saturated rings. The van der Waals surface area contributed by atoms with Crippen molar-refractivity contribution >= 4 is 34.1 Å². The topological polar surface area (TPSA) is 101 Å². The van der Waals surface area contributed by atoms with Gasteiger partial charge >= 0.3 is 0 Å². The Morgan fingerprint density at radius 2 is 1.59 bits per heavy atom. The van der Waals surface area contributed by atoms with E-state index < -0.39 is 40.4 Å². The lowest BCUT2D eigenvalue weighted by Crippen LogP contribution is -2.30. The molecule has 0 atom stereocenters. The van der Waals surface area contributed by atoms with Gasteiger partial charge in [-0.1, -0.05) is 11.6 Å². The van der Waals surface area contributed by atoms with Gasteiger partial charge in [0.1, 0.15) is 11.3 Å². The summed E-state index contributed by atoms with van der Waals surface area (Å²) in [6.07, 6.45) is 2.58. The Labute approximate surface area is 265 Å². The lowest BCUT2D eigenvalue weighted by molar-refractivity contribution is 0.102. The lowest BCUT2D eigenvalue weighted by Gasteiger charge is -2.16. The Kier molecular flexibility index (Phi) is 8.22. The molecule has 6 rings (SSSR count). The molecule has 0 aliphatic heterocycles. The van der Waals surface area contributed by atoms with Gasteiger partial charge in [0.25, 0.3) is 11.5 Å². The molecule has 46 heavy (non-hydrogen) atoms. The number of hydrogen-bond acceptors (Lipinski definition) is 7. The molecule has 2 heterocycles. The van der Waals surface area contributed by atoms with Crippen molar-refractivity contribution in [3.8, 4) is 34.4 Å². The van der Waals surface area contributed by atoms with E-state index in [0.717, 1.165) is 31.2 Å². The molecule has 0 bridgehead atoms. The van der Waals surface area contributed by atoms with Gasteiger partial charge in [0.05, 0.1) is 43.8 Å². The van der Waals surface area contributed by atoms with Crippen LogP contribution in [0.3, 0.4) is 0 Å². The van der Waals surface area contributed by atoms with Crippen molar-refractivity contribution in [3.05, 3.63) is 105 Å². The Bertz CT molecular complexity index is 2060. The van der Waals surface area contributed by atoms with Crippen molar-refractivity contribution in [1.29, 1.82) is 0 Å². The second kappa shape index (κ2) is 12.3. The van der Waals surface area contributed by atoms with Crippen molar-refractivity contribution in [2.75, 3.05) is 26.6 Å². The van der Waals surface area contributed by atoms with Gasteiger partial charge in [0.15, 0.2) is 40.4 Å². The summed E-state index contributed by atoms with van der Waals surface area (Å²) in [4.78, 5) is 30.9. The lowest BCUT2D eigenvalue weighted by atomic mass is 10.1. The van der Waals surface area contributed by atoms with Crippen molar-refractivity contribution in [1.82, 2.24) is 9.55 Å². The number of carbonyl (C=O) groups is 1. The zero-order chi connectivity index (χ0) is 32.7. The molecule has 236 valence electrons. The van der Waals surface area contributed by atoms with Crippen LogP contribution in [0.1, 0.15) is 34.8 Å². The smallest absolute Gasteiger partial charge is 0.268 e. The quantitative estimate of drug-likeness (QED) is 0.177. The molecule has 3 aromatic carbocycles. The SMILES string of the molecule is COc1ccc(-n2c(C3CC3)ccc(C(=O)Nc3cc(F)c(Oc4c(F)cnc5cc(OC)c(OC)cc45)c(F)c3)c2=O)c(Cl)c1. The summed E-state index contributed by atoms with van der Waals surface area (Å²) in [7, 11) is 4.26. The number of pyridine rings is 2. The Balaban J connectivity index is 1.32. The first kappa shape index (κ1) is 30.8. The number of halogens is 4. The number of rotatable bonds is 9. The van der Waals surface area contributed by atoms with Crippen LogP contribution >= 0.6 is 11.6 Å². The fourth-order valence-electron chi connectivity index (χ4n) is 5.07. The molecule has 5 aromatic rings. The highest BCUT2D eigenvalue weighted by molar-refractivity contribution is 6.32. The first-order chi connectivity index (χ1) is 22.1. The van der Waals surface area contributed by atoms with Crippen LogP contribution in [0.5, 0.6) is 28.7 Å². The summed E-state index contributed by atoms with van der Waals surface area (Å²) >= 11 is 6.48. The second-order valence-corrected chi connectivity index (χ2v) is 10.8. The largest absolute Gasteiger partial charge is 0.497 e. The molecular weight excluding hydrogens is 627 g/mol. The molecule has 1 N–H and O–H groups in total. The van der Waals surface area contributed by atoms with Gasteiger partial charge in [-0.05, 0) is 49.1 Å². The molecule has 0 unspecified atom stereocenters. The Morgan fingerprint density at radius 3 is 2.22 bits per heavy atom. The van der Waals surface area contributed by atoms with Crippen LogP contribution in [0, 0.1) is 17.5 Å². The monoisotopic (exact) mass is 651 g/mol. The van der Waals surface area contributed by atoms with Crippen molar-refractivity contribution < 1.29 is 36.9 Å². The number of ether oxygens (including phenoxy) is 4. The van der Waals surface area contributed by atoms with Gasteiger partial charge in [0, 0.05) is 41.0 Å². The van der Waals surface area contributed by atoms with Gasteiger partial charge in [-0.25, -0.2) is 13.2 Å². The van der Waals surface area contributed by atoms with E-state index in [4.69, 9.17) is 30.5 Å². The van der Waals surface area contributed by atoms with Crippen LogP contribution in [0.15, 0.2) is 65.6 Å². The average molecular weight is 652 g/mol.